The van der Waals surface area contributed by atoms with Crippen LogP contribution in [0, 0.1) is 5.92 Å². The van der Waals surface area contributed by atoms with Crippen molar-refractivity contribution in [3.8, 4) is 0 Å². The second kappa shape index (κ2) is 7.99. The number of benzene rings is 1. The Morgan fingerprint density at radius 3 is 2.71 bits per heavy atom. The molecule has 1 fully saturated rings. The highest BCUT2D eigenvalue weighted by Gasteiger charge is 2.32. The number of fused-ring (bicyclic) bond motifs is 1. The Hall–Kier alpha value is -1.59. The van der Waals surface area contributed by atoms with Gasteiger partial charge in [0.25, 0.3) is 0 Å². The van der Waals surface area contributed by atoms with Crippen LogP contribution in [0.5, 0.6) is 0 Å². The summed E-state index contributed by atoms with van der Waals surface area (Å²) in [5.74, 6) is 0.556. The van der Waals surface area contributed by atoms with Gasteiger partial charge in [-0.15, -0.1) is 12.4 Å². The van der Waals surface area contributed by atoms with Crippen LogP contribution in [0.25, 0.3) is 0 Å². The molecule has 2 atom stereocenters. The highest BCUT2D eigenvalue weighted by atomic mass is 35.5. The van der Waals surface area contributed by atoms with E-state index in [4.69, 9.17) is 5.73 Å². The Kier molecular flexibility index (Phi) is 6.24. The summed E-state index contributed by atoms with van der Waals surface area (Å²) in [6.07, 6.45) is 3.49. The average Bonchev–Trinajstić information content (AvgIpc) is 3.37. The van der Waals surface area contributed by atoms with Crippen LogP contribution >= 0.6 is 12.4 Å². The summed E-state index contributed by atoms with van der Waals surface area (Å²) in [6, 6.07) is 7.97. The Labute approximate surface area is 149 Å². The lowest BCUT2D eigenvalue weighted by Gasteiger charge is -2.36. The molecule has 1 aromatic carbocycles. The lowest BCUT2D eigenvalue weighted by molar-refractivity contribution is -0.133. The number of carbonyl (C=O) groups is 2. The number of amides is 2. The minimum Gasteiger partial charge on any atom is -0.354 e. The van der Waals surface area contributed by atoms with Crippen LogP contribution in [0.2, 0.25) is 0 Å². The van der Waals surface area contributed by atoms with E-state index in [1.165, 1.54) is 18.4 Å². The Morgan fingerprint density at radius 2 is 2.04 bits per heavy atom. The van der Waals surface area contributed by atoms with Gasteiger partial charge in [0.15, 0.2) is 0 Å². The monoisotopic (exact) mass is 351 g/mol. The molecule has 0 saturated heterocycles. The van der Waals surface area contributed by atoms with Crippen molar-refractivity contribution >= 4 is 24.2 Å². The third-order valence-electron chi connectivity index (χ3n) is 4.96. The first-order valence-corrected chi connectivity index (χ1v) is 8.43. The molecule has 1 heterocycles. The van der Waals surface area contributed by atoms with Crippen molar-refractivity contribution in [2.75, 3.05) is 13.1 Å². The number of hydrogen-bond acceptors (Lipinski definition) is 3. The van der Waals surface area contributed by atoms with E-state index < -0.39 is 0 Å². The molecule has 1 aromatic rings. The van der Waals surface area contributed by atoms with Crippen LogP contribution in [0.3, 0.4) is 0 Å². The minimum absolute atomic E-state index is 0. The summed E-state index contributed by atoms with van der Waals surface area (Å²) in [5.41, 5.74) is 8.36. The minimum atomic E-state index is -0.172. The summed E-state index contributed by atoms with van der Waals surface area (Å²) in [7, 11) is 0. The van der Waals surface area contributed by atoms with Crippen LogP contribution in [0.4, 0.5) is 0 Å². The maximum atomic E-state index is 12.3. The SMILES string of the molecule is CC(=O)N1CCc2ccccc2C1CC(=O)NCC(N)C1CC1.Cl. The third-order valence-corrected chi connectivity index (χ3v) is 4.96. The van der Waals surface area contributed by atoms with E-state index in [1.807, 2.05) is 23.1 Å². The molecule has 0 radical (unpaired) electrons. The Morgan fingerprint density at radius 1 is 1.33 bits per heavy atom. The van der Waals surface area contributed by atoms with Gasteiger partial charge in [0.05, 0.1) is 12.5 Å². The fourth-order valence-electron chi connectivity index (χ4n) is 3.42. The molecule has 0 spiro atoms. The fraction of sp³-hybridized carbons (Fsp3) is 0.556. The molecule has 1 saturated carbocycles. The van der Waals surface area contributed by atoms with Gasteiger partial charge in [-0.05, 0) is 36.3 Å². The molecule has 3 rings (SSSR count). The molecule has 1 aliphatic heterocycles. The summed E-state index contributed by atoms with van der Waals surface area (Å²) in [6.45, 7) is 2.77. The molecular weight excluding hydrogens is 326 g/mol. The summed E-state index contributed by atoms with van der Waals surface area (Å²) in [4.78, 5) is 26.1. The maximum Gasteiger partial charge on any atom is 0.222 e. The first kappa shape index (κ1) is 18.7. The highest BCUT2D eigenvalue weighted by Crippen LogP contribution is 2.33. The van der Waals surface area contributed by atoms with E-state index >= 15 is 0 Å². The molecule has 3 N–H and O–H groups in total. The van der Waals surface area contributed by atoms with E-state index in [1.54, 1.807) is 6.92 Å². The summed E-state index contributed by atoms with van der Waals surface area (Å²) >= 11 is 0. The molecule has 6 heteroatoms. The quantitative estimate of drug-likeness (QED) is 0.849. The van der Waals surface area contributed by atoms with Crippen molar-refractivity contribution < 1.29 is 9.59 Å². The van der Waals surface area contributed by atoms with E-state index in [0.717, 1.165) is 12.0 Å². The van der Waals surface area contributed by atoms with Gasteiger partial charge in [0.2, 0.25) is 11.8 Å². The third kappa shape index (κ3) is 4.28. The number of nitrogens with zero attached hydrogens (tertiary/aromatic N) is 1. The standard InChI is InChI=1S/C18H25N3O2.ClH/c1-12(22)21-9-8-13-4-2-3-5-15(13)17(21)10-18(23)20-11-16(19)14-6-7-14;/h2-5,14,16-17H,6-11,19H2,1H3,(H,20,23);1H. The lowest BCUT2D eigenvalue weighted by atomic mass is 9.90. The second-order valence-electron chi connectivity index (χ2n) is 6.69. The predicted octanol–water partition coefficient (Wildman–Crippen LogP) is 1.80. The lowest BCUT2D eigenvalue weighted by Crippen LogP contribution is -2.43. The van der Waals surface area contributed by atoms with Gasteiger partial charge in [-0.25, -0.2) is 0 Å². The van der Waals surface area contributed by atoms with Gasteiger partial charge >= 0.3 is 0 Å². The number of hydrogen-bond donors (Lipinski definition) is 2. The molecule has 1 aliphatic carbocycles. The zero-order chi connectivity index (χ0) is 16.4. The summed E-state index contributed by atoms with van der Waals surface area (Å²) < 4.78 is 0. The van der Waals surface area contributed by atoms with Gasteiger partial charge in [-0.3, -0.25) is 9.59 Å². The molecule has 24 heavy (non-hydrogen) atoms. The molecule has 0 aromatic heterocycles. The van der Waals surface area contributed by atoms with Crippen molar-refractivity contribution in [2.45, 2.75) is 44.7 Å². The van der Waals surface area contributed by atoms with Gasteiger partial charge < -0.3 is 16.0 Å². The zero-order valence-corrected chi connectivity index (χ0v) is 14.8. The maximum absolute atomic E-state index is 12.3. The number of halogens is 1. The molecular formula is C18H26ClN3O2. The van der Waals surface area contributed by atoms with E-state index in [9.17, 15) is 9.59 Å². The van der Waals surface area contributed by atoms with E-state index in [2.05, 4.69) is 11.4 Å². The molecule has 2 unspecified atom stereocenters. The predicted molar refractivity (Wildman–Crippen MR) is 95.8 cm³/mol. The van der Waals surface area contributed by atoms with E-state index in [0.29, 0.717) is 25.4 Å². The van der Waals surface area contributed by atoms with Gasteiger partial charge in [-0.1, -0.05) is 24.3 Å². The number of nitrogens with two attached hydrogens (primary N) is 1. The van der Waals surface area contributed by atoms with Gasteiger partial charge in [0.1, 0.15) is 0 Å². The van der Waals surface area contributed by atoms with Crippen LogP contribution in [0.15, 0.2) is 24.3 Å². The highest BCUT2D eigenvalue weighted by molar-refractivity contribution is 5.85. The smallest absolute Gasteiger partial charge is 0.222 e. The van der Waals surface area contributed by atoms with Crippen LogP contribution < -0.4 is 11.1 Å². The molecule has 2 amide bonds. The number of carbonyl (C=O) groups excluding carboxylic acids is 2. The fourth-order valence-corrected chi connectivity index (χ4v) is 3.42. The van der Waals surface area contributed by atoms with Crippen molar-refractivity contribution in [1.82, 2.24) is 10.2 Å². The van der Waals surface area contributed by atoms with Crippen molar-refractivity contribution in [3.05, 3.63) is 35.4 Å². The molecule has 2 aliphatic rings. The van der Waals surface area contributed by atoms with Crippen LogP contribution in [-0.4, -0.2) is 35.8 Å². The first-order chi connectivity index (χ1) is 11.1. The molecule has 5 nitrogen and oxygen atoms in total. The molecule has 0 bridgehead atoms. The summed E-state index contributed by atoms with van der Waals surface area (Å²) in [5, 5.41) is 2.94. The van der Waals surface area contributed by atoms with Crippen molar-refractivity contribution in [2.24, 2.45) is 11.7 Å². The average molecular weight is 352 g/mol. The van der Waals surface area contributed by atoms with Crippen molar-refractivity contribution in [1.29, 1.82) is 0 Å². The Balaban J connectivity index is 0.00000208. The topological polar surface area (TPSA) is 75.4 Å². The second-order valence-corrected chi connectivity index (χ2v) is 6.69. The van der Waals surface area contributed by atoms with Gasteiger partial charge in [0, 0.05) is 26.1 Å². The largest absolute Gasteiger partial charge is 0.354 e. The number of rotatable bonds is 5. The normalized spacial score (nSPS) is 20.6. The van der Waals surface area contributed by atoms with Gasteiger partial charge in [-0.2, -0.15) is 0 Å². The first-order valence-electron chi connectivity index (χ1n) is 8.43. The van der Waals surface area contributed by atoms with Crippen LogP contribution in [0.1, 0.15) is 43.4 Å². The van der Waals surface area contributed by atoms with E-state index in [-0.39, 0.29) is 36.3 Å². The zero-order valence-electron chi connectivity index (χ0n) is 14.0. The Bertz CT molecular complexity index is 604. The number of nitrogens with one attached hydrogen (secondary N) is 1. The van der Waals surface area contributed by atoms with Crippen LogP contribution in [-0.2, 0) is 16.0 Å². The van der Waals surface area contributed by atoms with Crippen molar-refractivity contribution in [3.63, 3.8) is 0 Å². The molecule has 132 valence electrons.